The molecule has 0 fully saturated rings. The van der Waals surface area contributed by atoms with E-state index in [9.17, 15) is 4.79 Å². The van der Waals surface area contributed by atoms with E-state index in [2.05, 4.69) is 16.9 Å². The fraction of sp³-hybridized carbons (Fsp3) is 0.692. The molecule has 5 nitrogen and oxygen atoms in total. The van der Waals surface area contributed by atoms with Crippen LogP contribution in [0.25, 0.3) is 0 Å². The normalized spacial score (nSPS) is 11.1. The van der Waals surface area contributed by atoms with Crippen LogP contribution in [0.2, 0.25) is 5.15 Å². The number of hydrogen-bond donors (Lipinski definition) is 0. The average Bonchev–Trinajstić information content (AvgIpc) is 2.56. The zero-order valence-corrected chi connectivity index (χ0v) is 13.2. The predicted molar refractivity (Wildman–Crippen MR) is 77.2 cm³/mol. The van der Waals surface area contributed by atoms with Crippen LogP contribution in [0.15, 0.2) is 0 Å². The summed E-state index contributed by atoms with van der Waals surface area (Å²) in [6.45, 7) is 5.98. The molecule has 0 bridgehead atoms. The first-order valence-electron chi connectivity index (χ1n) is 6.47. The van der Waals surface area contributed by atoms with Gasteiger partial charge in [0.05, 0.1) is 12.2 Å². The van der Waals surface area contributed by atoms with Crippen LogP contribution in [0.4, 0.5) is 0 Å². The molecule has 0 spiro atoms. The molecule has 1 aromatic rings. The Labute approximate surface area is 120 Å². The summed E-state index contributed by atoms with van der Waals surface area (Å²) in [6.07, 6.45) is 0.998. The lowest BCUT2D eigenvalue weighted by atomic mass is 10.2. The largest absolute Gasteiger partial charge is 0.348 e. The van der Waals surface area contributed by atoms with Crippen LogP contribution >= 0.6 is 11.6 Å². The van der Waals surface area contributed by atoms with Gasteiger partial charge in [0.2, 0.25) is 5.91 Å². The third kappa shape index (κ3) is 4.21. The minimum atomic E-state index is 0.103. The zero-order chi connectivity index (χ0) is 14.6. The van der Waals surface area contributed by atoms with E-state index >= 15 is 0 Å². The number of aryl methyl sites for hydroxylation is 2. The highest BCUT2D eigenvalue weighted by Gasteiger charge is 2.17. The molecule has 0 unspecified atom stereocenters. The predicted octanol–water partition coefficient (Wildman–Crippen LogP) is 1.68. The van der Waals surface area contributed by atoms with Gasteiger partial charge in [0.1, 0.15) is 5.15 Å². The van der Waals surface area contributed by atoms with E-state index in [4.69, 9.17) is 11.6 Å². The molecule has 1 rings (SSSR count). The molecular formula is C13H23ClN4O. The Morgan fingerprint density at radius 3 is 2.47 bits per heavy atom. The van der Waals surface area contributed by atoms with Gasteiger partial charge >= 0.3 is 0 Å². The highest BCUT2D eigenvalue weighted by Crippen LogP contribution is 2.20. The molecule has 1 aromatic heterocycles. The summed E-state index contributed by atoms with van der Waals surface area (Å²) in [7, 11) is 5.37. The molecule has 1 heterocycles. The Morgan fingerprint density at radius 2 is 2.05 bits per heavy atom. The lowest BCUT2D eigenvalue weighted by Gasteiger charge is -2.23. The van der Waals surface area contributed by atoms with Crippen LogP contribution in [0, 0.1) is 6.92 Å². The van der Waals surface area contributed by atoms with Crippen molar-refractivity contribution < 1.29 is 4.79 Å². The van der Waals surface area contributed by atoms with E-state index in [1.54, 1.807) is 23.7 Å². The Balaban J connectivity index is 2.80. The molecule has 0 aliphatic heterocycles. The van der Waals surface area contributed by atoms with Crippen LogP contribution in [-0.2, 0) is 18.4 Å². The Bertz CT molecular complexity index is 442. The molecule has 0 saturated heterocycles. The summed E-state index contributed by atoms with van der Waals surface area (Å²) in [5.74, 6) is 0.103. The van der Waals surface area contributed by atoms with E-state index in [0.717, 1.165) is 24.2 Å². The molecule has 1 amide bonds. The first kappa shape index (κ1) is 16.0. The maximum atomic E-state index is 11.8. The number of likely N-dealkylation sites (N-methyl/N-ethyl adjacent to an activating group) is 1. The lowest BCUT2D eigenvalue weighted by Crippen LogP contribution is -2.36. The van der Waals surface area contributed by atoms with Crippen LogP contribution in [0.3, 0.4) is 0 Å². The fourth-order valence-corrected chi connectivity index (χ4v) is 2.17. The van der Waals surface area contributed by atoms with E-state index in [1.807, 2.05) is 14.0 Å². The van der Waals surface area contributed by atoms with Gasteiger partial charge in [0, 0.05) is 33.3 Å². The third-order valence-electron chi connectivity index (χ3n) is 3.05. The molecule has 108 valence electrons. The van der Waals surface area contributed by atoms with Gasteiger partial charge in [0.25, 0.3) is 0 Å². The summed E-state index contributed by atoms with van der Waals surface area (Å²) >= 11 is 6.24. The number of hydrogen-bond acceptors (Lipinski definition) is 3. The summed E-state index contributed by atoms with van der Waals surface area (Å²) in [5, 5.41) is 4.95. The van der Waals surface area contributed by atoms with Gasteiger partial charge in [0.15, 0.2) is 0 Å². The van der Waals surface area contributed by atoms with E-state index < -0.39 is 0 Å². The monoisotopic (exact) mass is 286 g/mol. The van der Waals surface area contributed by atoms with E-state index in [0.29, 0.717) is 18.2 Å². The number of nitrogens with zero attached hydrogens (tertiary/aromatic N) is 4. The second-order valence-corrected chi connectivity index (χ2v) is 5.34. The molecule has 0 radical (unpaired) electrons. The van der Waals surface area contributed by atoms with Gasteiger partial charge in [-0.1, -0.05) is 18.5 Å². The van der Waals surface area contributed by atoms with Crippen molar-refractivity contribution in [3.63, 3.8) is 0 Å². The topological polar surface area (TPSA) is 41.4 Å². The van der Waals surface area contributed by atoms with Crippen LogP contribution in [0.1, 0.15) is 24.6 Å². The molecule has 0 saturated carbocycles. The molecule has 6 heteroatoms. The van der Waals surface area contributed by atoms with Crippen molar-refractivity contribution in [3.05, 3.63) is 16.4 Å². The highest BCUT2D eigenvalue weighted by molar-refractivity contribution is 6.30. The Hall–Kier alpha value is -1.07. The summed E-state index contributed by atoms with van der Waals surface area (Å²) in [4.78, 5) is 15.5. The zero-order valence-electron chi connectivity index (χ0n) is 12.4. The second-order valence-electron chi connectivity index (χ2n) is 4.98. The first-order chi connectivity index (χ1) is 8.86. The minimum Gasteiger partial charge on any atom is -0.348 e. The van der Waals surface area contributed by atoms with Gasteiger partial charge < -0.3 is 4.90 Å². The summed E-state index contributed by atoms with van der Waals surface area (Å²) in [5.41, 5.74) is 1.93. The minimum absolute atomic E-state index is 0.103. The third-order valence-corrected chi connectivity index (χ3v) is 3.52. The van der Waals surface area contributed by atoms with Crippen LogP contribution < -0.4 is 0 Å². The van der Waals surface area contributed by atoms with Crippen molar-refractivity contribution in [3.8, 4) is 0 Å². The number of aromatic nitrogens is 2. The van der Waals surface area contributed by atoms with Gasteiger partial charge in [-0.05, 0) is 19.9 Å². The quantitative estimate of drug-likeness (QED) is 0.799. The SMILES string of the molecule is CCCN(CC(=O)N(C)C)Cc1c(C)nn(C)c1Cl. The van der Waals surface area contributed by atoms with E-state index in [-0.39, 0.29) is 5.91 Å². The van der Waals surface area contributed by atoms with Crippen LogP contribution in [0.5, 0.6) is 0 Å². The average molecular weight is 287 g/mol. The molecule has 0 aliphatic carbocycles. The standard InChI is InChI=1S/C13H23ClN4O/c1-6-7-18(9-12(19)16(3)4)8-11-10(2)15-17(5)13(11)14/h6-9H2,1-5H3. The van der Waals surface area contributed by atoms with Gasteiger partial charge in [-0.3, -0.25) is 14.4 Å². The fourth-order valence-electron chi connectivity index (χ4n) is 1.94. The maximum Gasteiger partial charge on any atom is 0.236 e. The molecular weight excluding hydrogens is 264 g/mol. The second kappa shape index (κ2) is 6.91. The first-order valence-corrected chi connectivity index (χ1v) is 6.85. The van der Waals surface area contributed by atoms with Crippen molar-refractivity contribution in [2.24, 2.45) is 7.05 Å². The smallest absolute Gasteiger partial charge is 0.236 e. The van der Waals surface area contributed by atoms with Crippen molar-refractivity contribution in [1.29, 1.82) is 0 Å². The lowest BCUT2D eigenvalue weighted by molar-refractivity contribution is -0.130. The van der Waals surface area contributed by atoms with Gasteiger partial charge in [-0.25, -0.2) is 0 Å². The summed E-state index contributed by atoms with van der Waals surface area (Å²) in [6, 6.07) is 0. The maximum absolute atomic E-state index is 11.8. The molecule has 0 aromatic carbocycles. The Morgan fingerprint density at radius 1 is 1.42 bits per heavy atom. The van der Waals surface area contributed by atoms with Crippen molar-refractivity contribution in [1.82, 2.24) is 19.6 Å². The number of carbonyl (C=O) groups excluding carboxylic acids is 1. The molecule has 0 atom stereocenters. The van der Waals surface area contributed by atoms with Crippen molar-refractivity contribution in [2.45, 2.75) is 26.8 Å². The number of halogens is 1. The molecule has 0 aliphatic rings. The highest BCUT2D eigenvalue weighted by atomic mass is 35.5. The molecule has 19 heavy (non-hydrogen) atoms. The van der Waals surface area contributed by atoms with Crippen LogP contribution in [-0.4, -0.2) is 52.7 Å². The van der Waals surface area contributed by atoms with E-state index in [1.165, 1.54) is 0 Å². The number of amides is 1. The van der Waals surface area contributed by atoms with Gasteiger partial charge in [-0.15, -0.1) is 0 Å². The number of carbonyl (C=O) groups is 1. The number of rotatable bonds is 6. The van der Waals surface area contributed by atoms with Crippen molar-refractivity contribution in [2.75, 3.05) is 27.2 Å². The van der Waals surface area contributed by atoms with Gasteiger partial charge in [-0.2, -0.15) is 5.10 Å². The van der Waals surface area contributed by atoms with Crippen molar-refractivity contribution >= 4 is 17.5 Å². The Kier molecular flexibility index (Phi) is 5.82. The summed E-state index contributed by atoms with van der Waals surface area (Å²) < 4.78 is 1.67. The molecule has 0 N–H and O–H groups in total.